The summed E-state index contributed by atoms with van der Waals surface area (Å²) in [4.78, 5) is 30.1. The van der Waals surface area contributed by atoms with Crippen molar-refractivity contribution in [1.82, 2.24) is 0 Å². The number of aryl methyl sites for hydroxylation is 1. The summed E-state index contributed by atoms with van der Waals surface area (Å²) in [6, 6.07) is 9.77. The highest BCUT2D eigenvalue weighted by Gasteiger charge is 2.45. The number of furan rings is 1. The molecule has 0 amide bonds. The predicted molar refractivity (Wildman–Crippen MR) is 101 cm³/mol. The number of Topliss-reactive ketones (excluding diaryl/α,β-unsaturated/α-hetero) is 2. The standard InChI is InChI=1S/C22H19NO5/c1-12-4-5-13(7-14(12)19-3-2-6-28-19)20-21-15(8-26-10-17(21)24)23-16-9-27-11-18(25)22(16)20/h2-7,20-21H,8-11H2,1H3. The fraction of sp³-hybridized carbons (Fsp3) is 0.318. The first-order valence-electron chi connectivity index (χ1n) is 9.30. The van der Waals surface area contributed by atoms with Crippen molar-refractivity contribution in [3.05, 3.63) is 59.0 Å². The molecule has 2 aromatic rings. The second-order valence-electron chi connectivity index (χ2n) is 7.35. The third kappa shape index (κ3) is 2.68. The summed E-state index contributed by atoms with van der Waals surface area (Å²) in [7, 11) is 0. The fourth-order valence-electron chi connectivity index (χ4n) is 4.33. The van der Waals surface area contributed by atoms with Crippen molar-refractivity contribution in [2.45, 2.75) is 12.8 Å². The minimum absolute atomic E-state index is 0.0223. The number of fused-ring (bicyclic) bond motifs is 1. The molecule has 0 aliphatic carbocycles. The number of hydrogen-bond donors (Lipinski definition) is 0. The number of aliphatic imine (C=N–C) groups is 1. The van der Waals surface area contributed by atoms with E-state index >= 15 is 0 Å². The van der Waals surface area contributed by atoms with Crippen LogP contribution in [0.25, 0.3) is 11.3 Å². The Bertz CT molecular complexity index is 1030. The smallest absolute Gasteiger partial charge is 0.187 e. The van der Waals surface area contributed by atoms with Gasteiger partial charge in [0.25, 0.3) is 0 Å². The molecule has 1 saturated heterocycles. The summed E-state index contributed by atoms with van der Waals surface area (Å²) >= 11 is 0. The number of rotatable bonds is 2. The molecule has 0 radical (unpaired) electrons. The van der Waals surface area contributed by atoms with Crippen molar-refractivity contribution in [3.8, 4) is 11.3 Å². The molecule has 0 saturated carbocycles. The Hall–Kier alpha value is -2.83. The Balaban J connectivity index is 1.69. The van der Waals surface area contributed by atoms with Gasteiger partial charge in [-0.3, -0.25) is 14.6 Å². The van der Waals surface area contributed by atoms with Crippen LogP contribution >= 0.6 is 0 Å². The van der Waals surface area contributed by atoms with Gasteiger partial charge in [-0.2, -0.15) is 0 Å². The summed E-state index contributed by atoms with van der Waals surface area (Å²) < 4.78 is 16.4. The number of ether oxygens (including phenoxy) is 2. The van der Waals surface area contributed by atoms with Crippen molar-refractivity contribution in [3.63, 3.8) is 0 Å². The van der Waals surface area contributed by atoms with E-state index in [0.29, 0.717) is 23.6 Å². The molecule has 6 heteroatoms. The minimum Gasteiger partial charge on any atom is -0.464 e. The van der Waals surface area contributed by atoms with Gasteiger partial charge in [-0.05, 0) is 36.2 Å². The average Bonchev–Trinajstić information content (AvgIpc) is 3.22. The molecule has 0 bridgehead atoms. The second-order valence-corrected chi connectivity index (χ2v) is 7.35. The lowest BCUT2D eigenvalue weighted by atomic mass is 9.71. The van der Waals surface area contributed by atoms with Crippen molar-refractivity contribution in [2.75, 3.05) is 26.4 Å². The maximum Gasteiger partial charge on any atom is 0.187 e. The van der Waals surface area contributed by atoms with E-state index in [0.717, 1.165) is 22.5 Å². The molecule has 3 aliphatic heterocycles. The molecular formula is C22H19NO5. The highest BCUT2D eigenvalue weighted by molar-refractivity contribution is 6.13. The van der Waals surface area contributed by atoms with Gasteiger partial charge in [0.05, 0.1) is 36.8 Å². The zero-order valence-electron chi connectivity index (χ0n) is 15.4. The number of benzene rings is 1. The van der Waals surface area contributed by atoms with Gasteiger partial charge in [0.15, 0.2) is 11.6 Å². The van der Waals surface area contributed by atoms with E-state index in [1.165, 1.54) is 0 Å². The third-order valence-corrected chi connectivity index (χ3v) is 5.61. The zero-order valence-corrected chi connectivity index (χ0v) is 15.4. The monoisotopic (exact) mass is 377 g/mol. The minimum atomic E-state index is -0.471. The fourth-order valence-corrected chi connectivity index (χ4v) is 4.33. The number of carbonyl (C=O) groups excluding carboxylic acids is 2. The van der Waals surface area contributed by atoms with Crippen LogP contribution in [0, 0.1) is 12.8 Å². The molecule has 142 valence electrons. The summed E-state index contributed by atoms with van der Waals surface area (Å²) in [6.07, 6.45) is 1.64. The molecule has 1 aromatic carbocycles. The lowest BCUT2D eigenvalue weighted by Gasteiger charge is -2.37. The summed E-state index contributed by atoms with van der Waals surface area (Å²) in [5.41, 5.74) is 4.82. The lowest BCUT2D eigenvalue weighted by Crippen LogP contribution is -2.45. The van der Waals surface area contributed by atoms with Crippen LogP contribution in [0.1, 0.15) is 17.0 Å². The van der Waals surface area contributed by atoms with E-state index in [9.17, 15) is 9.59 Å². The molecule has 5 rings (SSSR count). The zero-order chi connectivity index (χ0) is 19.3. The van der Waals surface area contributed by atoms with Crippen LogP contribution in [-0.2, 0) is 19.1 Å². The van der Waals surface area contributed by atoms with Crippen molar-refractivity contribution >= 4 is 17.3 Å². The molecule has 4 heterocycles. The molecule has 1 aromatic heterocycles. The maximum absolute atomic E-state index is 12.8. The van der Waals surface area contributed by atoms with Gasteiger partial charge < -0.3 is 13.9 Å². The summed E-state index contributed by atoms with van der Waals surface area (Å²) in [5.74, 6) is -0.226. The van der Waals surface area contributed by atoms with Gasteiger partial charge in [-0.15, -0.1) is 0 Å². The Labute approximate surface area is 161 Å². The third-order valence-electron chi connectivity index (χ3n) is 5.61. The molecule has 0 spiro atoms. The van der Waals surface area contributed by atoms with E-state index in [2.05, 4.69) is 4.99 Å². The molecule has 0 N–H and O–H groups in total. The molecule has 2 atom stereocenters. The summed E-state index contributed by atoms with van der Waals surface area (Å²) in [5, 5.41) is 0. The van der Waals surface area contributed by atoms with E-state index in [1.807, 2.05) is 37.3 Å². The molecule has 6 nitrogen and oxygen atoms in total. The van der Waals surface area contributed by atoms with E-state index < -0.39 is 5.92 Å². The first-order valence-corrected chi connectivity index (χ1v) is 9.30. The van der Waals surface area contributed by atoms with Crippen LogP contribution in [0.15, 0.2) is 57.3 Å². The van der Waals surface area contributed by atoms with Crippen LogP contribution in [0.3, 0.4) is 0 Å². The van der Waals surface area contributed by atoms with Gasteiger partial charge in [-0.25, -0.2) is 0 Å². The number of hydrogen-bond acceptors (Lipinski definition) is 6. The highest BCUT2D eigenvalue weighted by Crippen LogP contribution is 2.43. The SMILES string of the molecule is Cc1ccc(C2C3=C(COCC3=O)N=C3COCC(=O)C32)cc1-c1ccco1. The molecule has 3 aliphatic rings. The first-order chi connectivity index (χ1) is 13.6. The van der Waals surface area contributed by atoms with Gasteiger partial charge in [0.1, 0.15) is 19.0 Å². The second kappa shape index (κ2) is 6.65. The number of ketones is 2. The Kier molecular flexibility index (Phi) is 4.10. The van der Waals surface area contributed by atoms with Crippen LogP contribution in [0.4, 0.5) is 0 Å². The van der Waals surface area contributed by atoms with Crippen LogP contribution in [0.2, 0.25) is 0 Å². The Morgan fingerprint density at radius 3 is 2.68 bits per heavy atom. The molecule has 1 fully saturated rings. The van der Waals surface area contributed by atoms with Gasteiger partial charge in [-0.1, -0.05) is 12.1 Å². The van der Waals surface area contributed by atoms with Crippen molar-refractivity contribution in [2.24, 2.45) is 10.9 Å². The van der Waals surface area contributed by atoms with Crippen molar-refractivity contribution in [1.29, 1.82) is 0 Å². The number of carbonyl (C=O) groups is 2. The average molecular weight is 377 g/mol. The largest absolute Gasteiger partial charge is 0.464 e. The van der Waals surface area contributed by atoms with E-state index in [4.69, 9.17) is 13.9 Å². The van der Waals surface area contributed by atoms with Gasteiger partial charge in [0.2, 0.25) is 0 Å². The highest BCUT2D eigenvalue weighted by atomic mass is 16.5. The quantitative estimate of drug-likeness (QED) is 0.804. The van der Waals surface area contributed by atoms with Crippen molar-refractivity contribution < 1.29 is 23.5 Å². The Morgan fingerprint density at radius 2 is 1.86 bits per heavy atom. The van der Waals surface area contributed by atoms with Crippen LogP contribution < -0.4 is 0 Å². The molecule has 2 unspecified atom stereocenters. The normalized spacial score (nSPS) is 24.7. The lowest BCUT2D eigenvalue weighted by molar-refractivity contribution is -0.127. The number of nitrogens with zero attached hydrogens (tertiary/aromatic N) is 1. The molecule has 28 heavy (non-hydrogen) atoms. The van der Waals surface area contributed by atoms with Crippen LogP contribution in [-0.4, -0.2) is 43.7 Å². The Morgan fingerprint density at radius 1 is 1.00 bits per heavy atom. The van der Waals surface area contributed by atoms with E-state index in [1.54, 1.807) is 6.26 Å². The van der Waals surface area contributed by atoms with Crippen LogP contribution in [0.5, 0.6) is 0 Å². The summed E-state index contributed by atoms with van der Waals surface area (Å²) in [6.45, 7) is 2.66. The predicted octanol–water partition coefficient (Wildman–Crippen LogP) is 2.86. The molecular weight excluding hydrogens is 358 g/mol. The van der Waals surface area contributed by atoms with E-state index in [-0.39, 0.29) is 37.3 Å². The van der Waals surface area contributed by atoms with Gasteiger partial charge in [0, 0.05) is 17.1 Å². The topological polar surface area (TPSA) is 78.1 Å². The van der Waals surface area contributed by atoms with Gasteiger partial charge >= 0.3 is 0 Å². The maximum atomic E-state index is 12.8. The first kappa shape index (κ1) is 17.3.